The molecule has 0 spiro atoms. The van der Waals surface area contributed by atoms with Crippen molar-refractivity contribution in [1.82, 2.24) is 4.57 Å². The van der Waals surface area contributed by atoms with Crippen molar-refractivity contribution in [3.8, 4) is 5.69 Å². The van der Waals surface area contributed by atoms with Crippen LogP contribution in [0.4, 0.5) is 0 Å². The molecule has 0 aliphatic heterocycles. The average molecular weight is 310 g/mol. The first-order chi connectivity index (χ1) is 10.7. The number of hydrogen-bond donors (Lipinski definition) is 0. The summed E-state index contributed by atoms with van der Waals surface area (Å²) in [5.74, 6) is 0.201. The quantitative estimate of drug-likeness (QED) is 0.681. The molecule has 110 valence electrons. The Morgan fingerprint density at radius 1 is 0.864 bits per heavy atom. The normalized spacial score (nSPS) is 10.6. The zero-order chi connectivity index (χ0) is 15.4. The highest BCUT2D eigenvalue weighted by Crippen LogP contribution is 2.14. The lowest BCUT2D eigenvalue weighted by molar-refractivity contribution is -0.117. The number of carbonyl (C=O) groups excluding carboxylic acids is 1. The van der Waals surface area contributed by atoms with Gasteiger partial charge in [-0.15, -0.1) is 0 Å². The third-order valence-electron chi connectivity index (χ3n) is 3.53. The van der Waals surface area contributed by atoms with E-state index in [0.29, 0.717) is 17.9 Å². The largest absolute Gasteiger partial charge is 0.324 e. The third kappa shape index (κ3) is 3.66. The van der Waals surface area contributed by atoms with Crippen LogP contribution in [-0.2, 0) is 17.6 Å². The van der Waals surface area contributed by atoms with Crippen LogP contribution in [0.5, 0.6) is 0 Å². The Bertz CT molecular complexity index is 760. The van der Waals surface area contributed by atoms with Crippen LogP contribution in [0.15, 0.2) is 73.1 Å². The first kappa shape index (κ1) is 14.6. The number of Topliss-reactive ketones (excluding diaryl/α,β-unsaturated/α-hetero) is 1. The van der Waals surface area contributed by atoms with Gasteiger partial charge in [-0.05, 0) is 47.5 Å². The topological polar surface area (TPSA) is 22.0 Å². The van der Waals surface area contributed by atoms with E-state index in [4.69, 9.17) is 11.6 Å². The molecule has 2 aromatic carbocycles. The molecule has 0 amide bonds. The first-order valence-electron chi connectivity index (χ1n) is 7.19. The van der Waals surface area contributed by atoms with Crippen molar-refractivity contribution in [3.05, 3.63) is 89.2 Å². The van der Waals surface area contributed by atoms with Crippen LogP contribution >= 0.6 is 11.6 Å². The first-order valence-corrected chi connectivity index (χ1v) is 7.57. The van der Waals surface area contributed by atoms with Gasteiger partial charge in [0.25, 0.3) is 0 Å². The minimum atomic E-state index is 0.201. The van der Waals surface area contributed by atoms with E-state index in [0.717, 1.165) is 16.8 Å². The zero-order valence-corrected chi connectivity index (χ0v) is 12.8. The SMILES string of the molecule is O=C(Cc1ccc(Cl)cc1)Cc1cccc(-n2cccc2)c1. The van der Waals surface area contributed by atoms with E-state index in [2.05, 4.69) is 6.07 Å². The monoisotopic (exact) mass is 309 g/mol. The second-order valence-electron chi connectivity index (χ2n) is 5.28. The van der Waals surface area contributed by atoms with E-state index in [1.165, 1.54) is 0 Å². The lowest BCUT2D eigenvalue weighted by Gasteiger charge is -2.06. The molecule has 0 unspecified atom stereocenters. The molecule has 0 fully saturated rings. The Morgan fingerprint density at radius 2 is 1.55 bits per heavy atom. The summed E-state index contributed by atoms with van der Waals surface area (Å²) in [5, 5.41) is 0.690. The summed E-state index contributed by atoms with van der Waals surface area (Å²) in [6, 6.07) is 19.5. The molecule has 22 heavy (non-hydrogen) atoms. The molecular weight excluding hydrogens is 294 g/mol. The van der Waals surface area contributed by atoms with Crippen molar-refractivity contribution in [2.24, 2.45) is 0 Å². The van der Waals surface area contributed by atoms with Gasteiger partial charge in [0.05, 0.1) is 0 Å². The van der Waals surface area contributed by atoms with E-state index in [-0.39, 0.29) is 5.78 Å². The summed E-state index contributed by atoms with van der Waals surface area (Å²) in [5.41, 5.74) is 3.10. The summed E-state index contributed by atoms with van der Waals surface area (Å²) in [6.45, 7) is 0. The number of aromatic nitrogens is 1. The molecule has 0 N–H and O–H groups in total. The smallest absolute Gasteiger partial charge is 0.141 e. The fraction of sp³-hybridized carbons (Fsp3) is 0.105. The van der Waals surface area contributed by atoms with E-state index in [1.54, 1.807) is 0 Å². The van der Waals surface area contributed by atoms with Crippen LogP contribution in [0.25, 0.3) is 5.69 Å². The molecule has 0 aliphatic carbocycles. The predicted molar refractivity (Wildman–Crippen MR) is 89.6 cm³/mol. The molecule has 0 aliphatic rings. The van der Waals surface area contributed by atoms with Gasteiger partial charge in [-0.3, -0.25) is 4.79 Å². The molecule has 2 nitrogen and oxygen atoms in total. The Labute approximate surface area is 135 Å². The van der Waals surface area contributed by atoms with Crippen molar-refractivity contribution in [2.45, 2.75) is 12.8 Å². The van der Waals surface area contributed by atoms with E-state index in [9.17, 15) is 4.79 Å². The van der Waals surface area contributed by atoms with Gasteiger partial charge in [0.1, 0.15) is 5.78 Å². The summed E-state index contributed by atoms with van der Waals surface area (Å²) in [6.07, 6.45) is 4.87. The molecule has 0 saturated heterocycles. The molecule has 1 heterocycles. The van der Waals surface area contributed by atoms with Gasteiger partial charge in [-0.2, -0.15) is 0 Å². The molecule has 0 saturated carbocycles. The van der Waals surface area contributed by atoms with Crippen molar-refractivity contribution < 1.29 is 4.79 Å². The maximum absolute atomic E-state index is 12.2. The van der Waals surface area contributed by atoms with E-state index < -0.39 is 0 Å². The maximum Gasteiger partial charge on any atom is 0.141 e. The molecule has 1 aromatic heterocycles. The summed E-state index contributed by atoms with van der Waals surface area (Å²) < 4.78 is 2.03. The summed E-state index contributed by atoms with van der Waals surface area (Å²) >= 11 is 5.86. The van der Waals surface area contributed by atoms with Gasteiger partial charge in [-0.25, -0.2) is 0 Å². The minimum absolute atomic E-state index is 0.201. The van der Waals surface area contributed by atoms with Crippen molar-refractivity contribution >= 4 is 17.4 Å². The van der Waals surface area contributed by atoms with Crippen molar-refractivity contribution in [1.29, 1.82) is 0 Å². The van der Waals surface area contributed by atoms with Crippen molar-refractivity contribution in [3.63, 3.8) is 0 Å². The molecule has 3 heteroatoms. The minimum Gasteiger partial charge on any atom is -0.324 e. The van der Waals surface area contributed by atoms with Gasteiger partial charge < -0.3 is 4.57 Å². The van der Waals surface area contributed by atoms with E-state index >= 15 is 0 Å². The number of hydrogen-bond acceptors (Lipinski definition) is 1. The van der Waals surface area contributed by atoms with E-state index in [1.807, 2.05) is 71.6 Å². The number of benzene rings is 2. The van der Waals surface area contributed by atoms with Gasteiger partial charge in [0.2, 0.25) is 0 Å². The molecule has 0 bridgehead atoms. The highest BCUT2D eigenvalue weighted by Gasteiger charge is 2.06. The van der Waals surface area contributed by atoms with Crippen LogP contribution in [0.3, 0.4) is 0 Å². The second-order valence-corrected chi connectivity index (χ2v) is 5.72. The van der Waals surface area contributed by atoms with Gasteiger partial charge in [0, 0.05) is 35.9 Å². The van der Waals surface area contributed by atoms with Crippen LogP contribution in [0.1, 0.15) is 11.1 Å². The lowest BCUT2D eigenvalue weighted by atomic mass is 10.0. The Kier molecular flexibility index (Phi) is 4.40. The predicted octanol–water partition coefficient (Wildman–Crippen LogP) is 4.49. The molecule has 0 radical (unpaired) electrons. The standard InChI is InChI=1S/C19H16ClNO/c20-17-8-6-15(7-9-17)13-19(22)14-16-4-3-5-18(12-16)21-10-1-2-11-21/h1-12H,13-14H2. The van der Waals surface area contributed by atoms with Crippen LogP contribution in [0.2, 0.25) is 5.02 Å². The fourth-order valence-corrected chi connectivity index (χ4v) is 2.58. The molecular formula is C19H16ClNO. The van der Waals surface area contributed by atoms with Crippen LogP contribution in [0, 0.1) is 0 Å². The lowest BCUT2D eigenvalue weighted by Crippen LogP contribution is -2.07. The Morgan fingerprint density at radius 3 is 2.27 bits per heavy atom. The average Bonchev–Trinajstić information content (AvgIpc) is 3.04. The zero-order valence-electron chi connectivity index (χ0n) is 12.1. The number of carbonyl (C=O) groups is 1. The second kappa shape index (κ2) is 6.63. The Balaban J connectivity index is 1.69. The molecule has 0 atom stereocenters. The van der Waals surface area contributed by atoms with Crippen molar-refractivity contribution in [2.75, 3.05) is 0 Å². The molecule has 3 aromatic rings. The van der Waals surface area contributed by atoms with Gasteiger partial charge in [0.15, 0.2) is 0 Å². The number of nitrogens with zero attached hydrogens (tertiary/aromatic N) is 1. The van der Waals surface area contributed by atoms with Gasteiger partial charge >= 0.3 is 0 Å². The fourth-order valence-electron chi connectivity index (χ4n) is 2.45. The number of rotatable bonds is 5. The van der Waals surface area contributed by atoms with Crippen LogP contribution < -0.4 is 0 Å². The number of halogens is 1. The number of ketones is 1. The highest BCUT2D eigenvalue weighted by atomic mass is 35.5. The Hall–Kier alpha value is -2.32. The maximum atomic E-state index is 12.2. The third-order valence-corrected chi connectivity index (χ3v) is 3.78. The van der Waals surface area contributed by atoms with Gasteiger partial charge in [-0.1, -0.05) is 35.9 Å². The molecule has 3 rings (SSSR count). The highest BCUT2D eigenvalue weighted by molar-refractivity contribution is 6.30. The summed E-state index contributed by atoms with van der Waals surface area (Å²) in [4.78, 5) is 12.2. The summed E-state index contributed by atoms with van der Waals surface area (Å²) in [7, 11) is 0. The van der Waals surface area contributed by atoms with Crippen LogP contribution in [-0.4, -0.2) is 10.4 Å².